The molecule has 0 spiro atoms. The summed E-state index contributed by atoms with van der Waals surface area (Å²) in [5, 5.41) is 0.715. The predicted octanol–water partition coefficient (Wildman–Crippen LogP) is 1.62. The number of likely N-dealkylation sites (N-methyl/N-ethyl adjacent to an activating group) is 1. The van der Waals surface area contributed by atoms with E-state index in [0.29, 0.717) is 5.02 Å². The zero-order valence-corrected chi connectivity index (χ0v) is 10.2. The molecule has 4 heterocycles. The van der Waals surface area contributed by atoms with E-state index in [4.69, 9.17) is 11.6 Å². The van der Waals surface area contributed by atoms with Crippen molar-refractivity contribution in [1.82, 2.24) is 14.8 Å². The maximum Gasteiger partial charge on any atom is 0.0589 e. The van der Waals surface area contributed by atoms with Gasteiger partial charge >= 0.3 is 0 Å². The lowest BCUT2D eigenvalue weighted by Gasteiger charge is -2.55. The molecule has 3 aliphatic heterocycles. The third kappa shape index (κ3) is 1.83. The zero-order chi connectivity index (χ0) is 11.1. The van der Waals surface area contributed by atoms with Crippen molar-refractivity contribution >= 4 is 11.6 Å². The van der Waals surface area contributed by atoms with Crippen molar-refractivity contribution in [3.63, 3.8) is 0 Å². The van der Waals surface area contributed by atoms with Crippen LogP contribution in [0, 0.1) is 0 Å². The number of piperidine rings is 1. The number of pyridine rings is 1. The summed E-state index contributed by atoms with van der Waals surface area (Å²) in [6.45, 7) is 3.37. The number of halogens is 1. The van der Waals surface area contributed by atoms with Crippen LogP contribution in [-0.2, 0) is 6.54 Å². The first-order valence-electron chi connectivity index (χ1n) is 5.77. The van der Waals surface area contributed by atoms with Gasteiger partial charge in [0.1, 0.15) is 0 Å². The van der Waals surface area contributed by atoms with Crippen LogP contribution in [0.2, 0.25) is 5.02 Å². The first-order valence-corrected chi connectivity index (χ1v) is 6.15. The summed E-state index contributed by atoms with van der Waals surface area (Å²) in [6, 6.07) is 5.42. The highest BCUT2D eigenvalue weighted by molar-refractivity contribution is 6.30. The van der Waals surface area contributed by atoms with E-state index in [1.165, 1.54) is 19.5 Å². The molecule has 0 radical (unpaired) electrons. The van der Waals surface area contributed by atoms with E-state index in [9.17, 15) is 0 Å². The number of piperazine rings is 1. The standard InChI is InChI=1S/C12H16ClN3/c1-15-7-11-4-12(8-15)16(11)6-10-3-2-9(13)5-14-10/h2-3,5,11-12H,4,6-8H2,1H3. The highest BCUT2D eigenvalue weighted by atomic mass is 35.5. The normalized spacial score (nSPS) is 30.1. The molecule has 0 N–H and O–H groups in total. The van der Waals surface area contributed by atoms with Gasteiger partial charge in [-0.3, -0.25) is 9.88 Å². The van der Waals surface area contributed by atoms with Crippen LogP contribution in [0.1, 0.15) is 12.1 Å². The Morgan fingerprint density at radius 2 is 2.12 bits per heavy atom. The fourth-order valence-electron chi connectivity index (χ4n) is 2.84. The second-order valence-electron chi connectivity index (χ2n) is 4.90. The molecule has 1 aromatic rings. The molecule has 1 aromatic heterocycles. The summed E-state index contributed by atoms with van der Waals surface area (Å²) in [6.07, 6.45) is 3.09. The molecule has 4 rings (SSSR count). The minimum atomic E-state index is 0.715. The quantitative estimate of drug-likeness (QED) is 0.780. The molecule has 3 nitrogen and oxygen atoms in total. The van der Waals surface area contributed by atoms with Crippen LogP contribution in [0.25, 0.3) is 0 Å². The average molecular weight is 238 g/mol. The number of aromatic nitrogens is 1. The molecule has 2 atom stereocenters. The van der Waals surface area contributed by atoms with Crippen molar-refractivity contribution in [3.05, 3.63) is 29.0 Å². The predicted molar refractivity (Wildman–Crippen MR) is 64.5 cm³/mol. The largest absolute Gasteiger partial charge is 0.303 e. The molecule has 3 fully saturated rings. The topological polar surface area (TPSA) is 19.4 Å². The highest BCUT2D eigenvalue weighted by Crippen LogP contribution is 2.32. The molecule has 2 unspecified atom stereocenters. The van der Waals surface area contributed by atoms with Crippen molar-refractivity contribution in [1.29, 1.82) is 0 Å². The molecule has 0 saturated carbocycles. The van der Waals surface area contributed by atoms with Gasteiger partial charge in [0, 0.05) is 37.9 Å². The lowest BCUT2D eigenvalue weighted by molar-refractivity contribution is -0.0675. The van der Waals surface area contributed by atoms with Crippen LogP contribution in [0.3, 0.4) is 0 Å². The van der Waals surface area contributed by atoms with E-state index in [1.54, 1.807) is 6.20 Å². The van der Waals surface area contributed by atoms with Crippen molar-refractivity contribution in [2.75, 3.05) is 20.1 Å². The Kier molecular flexibility index (Phi) is 2.62. The van der Waals surface area contributed by atoms with E-state index in [0.717, 1.165) is 24.3 Å². The molecule has 3 aliphatic rings. The summed E-state index contributed by atoms with van der Waals surface area (Å²) < 4.78 is 0. The van der Waals surface area contributed by atoms with Gasteiger partial charge in [-0.05, 0) is 25.6 Å². The van der Waals surface area contributed by atoms with Gasteiger partial charge in [0.15, 0.2) is 0 Å². The lowest BCUT2D eigenvalue weighted by Crippen LogP contribution is -2.67. The Balaban J connectivity index is 1.66. The SMILES string of the molecule is CN1CC2CC(C1)N2Cc1ccc(Cl)cn1. The maximum absolute atomic E-state index is 5.83. The minimum absolute atomic E-state index is 0.715. The number of fused-ring (bicyclic) bond motifs is 2. The fourth-order valence-corrected chi connectivity index (χ4v) is 2.95. The fraction of sp³-hybridized carbons (Fsp3) is 0.583. The van der Waals surface area contributed by atoms with Crippen LogP contribution in [0.4, 0.5) is 0 Å². The second kappa shape index (κ2) is 3.99. The van der Waals surface area contributed by atoms with Crippen LogP contribution in [-0.4, -0.2) is 47.0 Å². The Hall–Kier alpha value is -0.640. The van der Waals surface area contributed by atoms with Crippen LogP contribution in [0.15, 0.2) is 18.3 Å². The monoisotopic (exact) mass is 237 g/mol. The Morgan fingerprint density at radius 3 is 2.75 bits per heavy atom. The first-order chi connectivity index (χ1) is 7.72. The molecule has 4 heteroatoms. The number of hydrogen-bond acceptors (Lipinski definition) is 3. The van der Waals surface area contributed by atoms with Gasteiger partial charge in [-0.15, -0.1) is 0 Å². The van der Waals surface area contributed by atoms with Gasteiger partial charge in [-0.1, -0.05) is 11.6 Å². The van der Waals surface area contributed by atoms with Gasteiger partial charge in [0.2, 0.25) is 0 Å². The van der Waals surface area contributed by atoms with E-state index in [-0.39, 0.29) is 0 Å². The van der Waals surface area contributed by atoms with E-state index in [1.807, 2.05) is 12.1 Å². The van der Waals surface area contributed by atoms with Crippen LogP contribution >= 0.6 is 11.6 Å². The minimum Gasteiger partial charge on any atom is -0.303 e. The maximum atomic E-state index is 5.83. The molecule has 0 aliphatic carbocycles. The van der Waals surface area contributed by atoms with E-state index < -0.39 is 0 Å². The van der Waals surface area contributed by atoms with Gasteiger partial charge in [0.05, 0.1) is 10.7 Å². The number of nitrogens with zero attached hydrogens (tertiary/aromatic N) is 3. The lowest BCUT2D eigenvalue weighted by atomic mass is 9.87. The summed E-state index contributed by atoms with van der Waals surface area (Å²) in [4.78, 5) is 9.35. The zero-order valence-electron chi connectivity index (χ0n) is 9.43. The Bertz CT molecular complexity index is 366. The van der Waals surface area contributed by atoms with Gasteiger partial charge in [-0.2, -0.15) is 0 Å². The Morgan fingerprint density at radius 1 is 1.38 bits per heavy atom. The third-order valence-corrected chi connectivity index (χ3v) is 3.88. The molecule has 0 amide bonds. The number of hydrogen-bond donors (Lipinski definition) is 0. The van der Waals surface area contributed by atoms with Crippen molar-refractivity contribution < 1.29 is 0 Å². The molecule has 86 valence electrons. The van der Waals surface area contributed by atoms with Gasteiger partial charge in [0.25, 0.3) is 0 Å². The summed E-state index contributed by atoms with van der Waals surface area (Å²) >= 11 is 5.83. The molecule has 3 saturated heterocycles. The smallest absolute Gasteiger partial charge is 0.0589 e. The summed E-state index contributed by atoms with van der Waals surface area (Å²) in [7, 11) is 2.21. The Labute approximate surface area is 101 Å². The van der Waals surface area contributed by atoms with Gasteiger partial charge in [-0.25, -0.2) is 0 Å². The van der Waals surface area contributed by atoms with Crippen molar-refractivity contribution in [2.24, 2.45) is 0 Å². The summed E-state index contributed by atoms with van der Waals surface area (Å²) in [5.74, 6) is 0. The van der Waals surface area contributed by atoms with Crippen molar-refractivity contribution in [3.8, 4) is 0 Å². The van der Waals surface area contributed by atoms with E-state index in [2.05, 4.69) is 21.8 Å². The molecular weight excluding hydrogens is 222 g/mol. The number of rotatable bonds is 2. The third-order valence-electron chi connectivity index (χ3n) is 3.66. The molecular formula is C12H16ClN3. The van der Waals surface area contributed by atoms with Crippen molar-refractivity contribution in [2.45, 2.75) is 25.0 Å². The van der Waals surface area contributed by atoms with Crippen LogP contribution < -0.4 is 0 Å². The second-order valence-corrected chi connectivity index (χ2v) is 5.34. The molecule has 2 bridgehead atoms. The first kappa shape index (κ1) is 10.5. The highest BCUT2D eigenvalue weighted by Gasteiger charge is 2.43. The van der Waals surface area contributed by atoms with E-state index >= 15 is 0 Å². The molecule has 0 aromatic carbocycles. The van der Waals surface area contributed by atoms with Crippen LogP contribution in [0.5, 0.6) is 0 Å². The average Bonchev–Trinajstić information content (AvgIpc) is 2.28. The van der Waals surface area contributed by atoms with Gasteiger partial charge < -0.3 is 4.90 Å². The summed E-state index contributed by atoms with van der Waals surface area (Å²) in [5.41, 5.74) is 1.13. The molecule has 16 heavy (non-hydrogen) atoms.